The van der Waals surface area contributed by atoms with Crippen LogP contribution in [-0.4, -0.2) is 43.9 Å². The van der Waals surface area contributed by atoms with E-state index in [2.05, 4.69) is 13.0 Å². The number of hydrogen-bond donors (Lipinski definition) is 0. The summed E-state index contributed by atoms with van der Waals surface area (Å²) in [6.45, 7) is 7.47. The van der Waals surface area contributed by atoms with Crippen molar-refractivity contribution in [3.8, 4) is 6.07 Å². The Morgan fingerprint density at radius 3 is 2.42 bits per heavy atom. The molecule has 0 saturated carbocycles. The van der Waals surface area contributed by atoms with Gasteiger partial charge in [-0.1, -0.05) is 0 Å². The lowest BCUT2D eigenvalue weighted by molar-refractivity contribution is -0.927. The molecule has 4 heteroatoms. The first-order valence-corrected chi connectivity index (χ1v) is 4.13. The highest BCUT2D eigenvalue weighted by molar-refractivity contribution is 4.69. The first-order chi connectivity index (χ1) is 5.33. The summed E-state index contributed by atoms with van der Waals surface area (Å²) in [6, 6.07) is 2.25. The minimum Gasteiger partial charge on any atom is -1.00 e. The van der Waals surface area contributed by atoms with Gasteiger partial charge in [-0.15, -0.1) is 0 Å². The van der Waals surface area contributed by atoms with Crippen LogP contribution in [0.4, 0.5) is 0 Å². The van der Waals surface area contributed by atoms with Gasteiger partial charge in [-0.05, 0) is 6.92 Å². The maximum absolute atomic E-state index is 8.61. The molecule has 0 radical (unpaired) electrons. The zero-order chi connectivity index (χ0) is 8.16. The van der Waals surface area contributed by atoms with Gasteiger partial charge in [-0.2, -0.15) is 5.26 Å². The molecule has 1 aliphatic heterocycles. The monoisotopic (exact) mass is 190 g/mol. The molecule has 1 fully saturated rings. The van der Waals surface area contributed by atoms with Crippen LogP contribution in [0.2, 0.25) is 0 Å². The number of hydrogen-bond acceptors (Lipinski definition) is 2. The standard InChI is InChI=1S/C8H15N2O.ClH/c1-2-10(4-3-9)5-7-11-8-6-10;/h2,4-8H2,1H3;1H/q+1;/p-1. The van der Waals surface area contributed by atoms with Gasteiger partial charge in [0.15, 0.2) is 6.54 Å². The number of nitrogens with zero attached hydrogens (tertiary/aromatic N) is 2. The summed E-state index contributed by atoms with van der Waals surface area (Å²) in [5.74, 6) is 0. The number of quaternary nitrogens is 1. The van der Waals surface area contributed by atoms with Gasteiger partial charge in [0.2, 0.25) is 0 Å². The maximum atomic E-state index is 8.61. The third kappa shape index (κ3) is 2.63. The molecule has 1 heterocycles. The minimum absolute atomic E-state index is 0. The van der Waals surface area contributed by atoms with Crippen LogP contribution in [0.3, 0.4) is 0 Å². The molecule has 0 aromatic heterocycles. The van der Waals surface area contributed by atoms with Gasteiger partial charge in [0, 0.05) is 0 Å². The molecule has 0 amide bonds. The maximum Gasteiger partial charge on any atom is 0.166 e. The van der Waals surface area contributed by atoms with E-state index in [1.54, 1.807) is 0 Å². The molecule has 12 heavy (non-hydrogen) atoms. The van der Waals surface area contributed by atoms with Crippen molar-refractivity contribution in [2.75, 3.05) is 39.4 Å². The third-order valence-corrected chi connectivity index (χ3v) is 2.50. The lowest BCUT2D eigenvalue weighted by Crippen LogP contribution is -3.00. The Kier molecular flexibility index (Phi) is 5.23. The normalized spacial score (nSPS) is 20.7. The summed E-state index contributed by atoms with van der Waals surface area (Å²) in [5.41, 5.74) is 0. The van der Waals surface area contributed by atoms with Gasteiger partial charge >= 0.3 is 0 Å². The lowest BCUT2D eigenvalue weighted by atomic mass is 10.3. The molecule has 0 bridgehead atoms. The fraction of sp³-hybridized carbons (Fsp3) is 0.875. The molecule has 1 aliphatic rings. The van der Waals surface area contributed by atoms with Gasteiger partial charge in [-0.3, -0.25) is 0 Å². The first-order valence-electron chi connectivity index (χ1n) is 4.13. The van der Waals surface area contributed by atoms with Crippen molar-refractivity contribution < 1.29 is 21.6 Å². The largest absolute Gasteiger partial charge is 1.00 e. The molecule has 0 unspecified atom stereocenters. The molecule has 70 valence electrons. The minimum atomic E-state index is 0. The Balaban J connectivity index is 0.00000121. The molecule has 0 aromatic rings. The Morgan fingerprint density at radius 2 is 2.00 bits per heavy atom. The summed E-state index contributed by atoms with van der Waals surface area (Å²) < 4.78 is 6.17. The summed E-state index contributed by atoms with van der Waals surface area (Å²) in [5, 5.41) is 8.61. The predicted molar refractivity (Wildman–Crippen MR) is 41.8 cm³/mol. The zero-order valence-corrected chi connectivity index (χ0v) is 8.18. The number of likely N-dealkylation sites (N-methyl/N-ethyl adjacent to an activating group) is 1. The van der Waals surface area contributed by atoms with Crippen LogP contribution >= 0.6 is 0 Å². The number of morpholine rings is 1. The number of ether oxygens (including phenoxy) is 1. The summed E-state index contributed by atoms with van der Waals surface area (Å²) in [4.78, 5) is 0. The van der Waals surface area contributed by atoms with Crippen molar-refractivity contribution in [2.45, 2.75) is 6.92 Å². The van der Waals surface area contributed by atoms with Gasteiger partial charge < -0.3 is 21.6 Å². The van der Waals surface area contributed by atoms with Crippen LogP contribution < -0.4 is 12.4 Å². The summed E-state index contributed by atoms with van der Waals surface area (Å²) in [6.07, 6.45) is 0. The molecule has 0 aliphatic carbocycles. The number of halogens is 1. The molecular weight excluding hydrogens is 176 g/mol. The van der Waals surface area contributed by atoms with Crippen LogP contribution in [0, 0.1) is 11.3 Å². The van der Waals surface area contributed by atoms with Crippen molar-refractivity contribution in [1.29, 1.82) is 5.26 Å². The zero-order valence-electron chi connectivity index (χ0n) is 7.42. The van der Waals surface area contributed by atoms with Crippen LogP contribution in [0.15, 0.2) is 0 Å². The molecule has 0 spiro atoms. The van der Waals surface area contributed by atoms with E-state index in [0.717, 1.165) is 37.3 Å². The Bertz CT molecular complexity index is 161. The van der Waals surface area contributed by atoms with Crippen molar-refractivity contribution in [3.63, 3.8) is 0 Å². The van der Waals surface area contributed by atoms with E-state index in [1.165, 1.54) is 0 Å². The van der Waals surface area contributed by atoms with E-state index < -0.39 is 0 Å². The van der Waals surface area contributed by atoms with E-state index in [4.69, 9.17) is 10.00 Å². The molecule has 1 rings (SSSR count). The van der Waals surface area contributed by atoms with Crippen molar-refractivity contribution in [1.82, 2.24) is 0 Å². The second-order valence-electron chi connectivity index (χ2n) is 3.03. The van der Waals surface area contributed by atoms with Gasteiger partial charge in [0.1, 0.15) is 19.2 Å². The summed E-state index contributed by atoms with van der Waals surface area (Å²) >= 11 is 0. The van der Waals surface area contributed by atoms with Crippen molar-refractivity contribution >= 4 is 0 Å². The third-order valence-electron chi connectivity index (χ3n) is 2.50. The lowest BCUT2D eigenvalue weighted by Gasteiger charge is -2.38. The molecule has 1 saturated heterocycles. The van der Waals surface area contributed by atoms with E-state index in [9.17, 15) is 0 Å². The highest BCUT2D eigenvalue weighted by Crippen LogP contribution is 2.09. The van der Waals surface area contributed by atoms with E-state index in [1.807, 2.05) is 0 Å². The average molecular weight is 191 g/mol. The van der Waals surface area contributed by atoms with Crippen molar-refractivity contribution in [3.05, 3.63) is 0 Å². The number of rotatable bonds is 2. The molecule has 3 nitrogen and oxygen atoms in total. The quantitative estimate of drug-likeness (QED) is 0.353. The van der Waals surface area contributed by atoms with E-state index >= 15 is 0 Å². The predicted octanol–water partition coefficient (Wildman–Crippen LogP) is -2.62. The second-order valence-corrected chi connectivity index (χ2v) is 3.03. The smallest absolute Gasteiger partial charge is 0.166 e. The number of nitriles is 1. The molecular formula is C8H15ClN2O. The fourth-order valence-electron chi connectivity index (χ4n) is 1.47. The van der Waals surface area contributed by atoms with E-state index in [-0.39, 0.29) is 12.4 Å². The SMILES string of the molecule is CC[N+]1(CC#N)CCOCC1.[Cl-]. The van der Waals surface area contributed by atoms with Gasteiger partial charge in [-0.25, -0.2) is 0 Å². The van der Waals surface area contributed by atoms with Crippen LogP contribution in [0.25, 0.3) is 0 Å². The van der Waals surface area contributed by atoms with Gasteiger partial charge in [0.25, 0.3) is 0 Å². The fourth-order valence-corrected chi connectivity index (χ4v) is 1.47. The Hall–Kier alpha value is -0.300. The Morgan fingerprint density at radius 1 is 1.42 bits per heavy atom. The highest BCUT2D eigenvalue weighted by atomic mass is 35.5. The van der Waals surface area contributed by atoms with Crippen LogP contribution in [0.5, 0.6) is 0 Å². The molecule has 0 aromatic carbocycles. The first kappa shape index (κ1) is 11.7. The van der Waals surface area contributed by atoms with E-state index in [0.29, 0.717) is 6.54 Å². The Labute approximate surface area is 79.9 Å². The van der Waals surface area contributed by atoms with Crippen molar-refractivity contribution in [2.24, 2.45) is 0 Å². The average Bonchev–Trinajstić information content (AvgIpc) is 2.07. The highest BCUT2D eigenvalue weighted by Gasteiger charge is 2.27. The molecule has 0 atom stereocenters. The summed E-state index contributed by atoms with van der Waals surface area (Å²) in [7, 11) is 0. The van der Waals surface area contributed by atoms with Gasteiger partial charge in [0.05, 0.1) is 19.8 Å². The topological polar surface area (TPSA) is 33.0 Å². The molecule has 0 N–H and O–H groups in total. The van der Waals surface area contributed by atoms with Crippen LogP contribution in [-0.2, 0) is 4.74 Å². The van der Waals surface area contributed by atoms with Crippen LogP contribution in [0.1, 0.15) is 6.92 Å². The second kappa shape index (κ2) is 5.36.